The third-order valence-electron chi connectivity index (χ3n) is 0.521. The molecule has 0 spiro atoms. The van der Waals surface area contributed by atoms with Gasteiger partial charge in [0.15, 0.2) is 0 Å². The summed E-state index contributed by atoms with van der Waals surface area (Å²) in [5.41, 5.74) is 0. The predicted molar refractivity (Wildman–Crippen MR) is 35.8 cm³/mol. The van der Waals surface area contributed by atoms with Gasteiger partial charge < -0.3 is 5.32 Å². The molecule has 0 saturated heterocycles. The first kappa shape index (κ1) is 7.62. The molecular formula is C4H10N2OS. The van der Waals surface area contributed by atoms with E-state index in [-0.39, 0.29) is 12.1 Å². The van der Waals surface area contributed by atoms with Crippen LogP contribution in [0.3, 0.4) is 0 Å². The molecule has 0 aromatic rings. The van der Waals surface area contributed by atoms with Gasteiger partial charge in [-0.05, 0) is 13.8 Å². The molecule has 0 unspecified atom stereocenters. The summed E-state index contributed by atoms with van der Waals surface area (Å²) in [4.78, 5) is 10.3. The summed E-state index contributed by atoms with van der Waals surface area (Å²) >= 11 is 3.53. The second kappa shape index (κ2) is 3.60. The molecule has 48 valence electrons. The Morgan fingerprint density at radius 1 is 1.62 bits per heavy atom. The molecule has 0 aliphatic heterocycles. The predicted octanol–water partition coefficient (Wildman–Crippen LogP) is 0.539. The molecule has 2 N–H and O–H groups in total. The van der Waals surface area contributed by atoms with E-state index in [4.69, 9.17) is 0 Å². The van der Waals surface area contributed by atoms with Crippen LogP contribution >= 0.6 is 12.8 Å². The standard InChI is InChI=1S/C4H10N2OS/c1-3(2)5-4(7)6-8/h3,8H,1-2H3,(H2,5,6,7). The Morgan fingerprint density at radius 2 is 2.12 bits per heavy atom. The topological polar surface area (TPSA) is 41.1 Å². The summed E-state index contributed by atoms with van der Waals surface area (Å²) in [7, 11) is 0. The monoisotopic (exact) mass is 134 g/mol. The largest absolute Gasteiger partial charge is 0.335 e. The normalized spacial score (nSPS) is 9.00. The van der Waals surface area contributed by atoms with E-state index in [2.05, 4.69) is 22.9 Å². The number of urea groups is 1. The van der Waals surface area contributed by atoms with Crippen LogP contribution in [0.5, 0.6) is 0 Å². The molecule has 0 bridgehead atoms. The number of carbonyl (C=O) groups is 1. The Bertz CT molecular complexity index is 84.1. The van der Waals surface area contributed by atoms with Gasteiger partial charge in [-0.3, -0.25) is 4.72 Å². The van der Waals surface area contributed by atoms with Crippen molar-refractivity contribution in [1.82, 2.24) is 10.0 Å². The van der Waals surface area contributed by atoms with E-state index in [1.54, 1.807) is 0 Å². The molecule has 0 aliphatic carbocycles. The fraction of sp³-hybridized carbons (Fsp3) is 0.750. The van der Waals surface area contributed by atoms with Crippen LogP contribution < -0.4 is 10.0 Å². The zero-order valence-electron chi connectivity index (χ0n) is 4.93. The van der Waals surface area contributed by atoms with Gasteiger partial charge in [0.2, 0.25) is 0 Å². The molecule has 4 heteroatoms. The van der Waals surface area contributed by atoms with Crippen molar-refractivity contribution in [2.75, 3.05) is 0 Å². The number of carbonyl (C=O) groups excluding carboxylic acids is 1. The SMILES string of the molecule is CC(C)NC(=O)NS. The first-order valence-electron chi connectivity index (χ1n) is 2.37. The minimum Gasteiger partial charge on any atom is -0.335 e. The van der Waals surface area contributed by atoms with E-state index in [0.29, 0.717) is 0 Å². The summed E-state index contributed by atoms with van der Waals surface area (Å²) in [6, 6.07) is -0.0921. The first-order chi connectivity index (χ1) is 3.66. The van der Waals surface area contributed by atoms with Gasteiger partial charge >= 0.3 is 6.03 Å². The summed E-state index contributed by atoms with van der Waals surface area (Å²) in [6.45, 7) is 3.76. The van der Waals surface area contributed by atoms with Crippen molar-refractivity contribution in [3.05, 3.63) is 0 Å². The summed E-state index contributed by atoms with van der Waals surface area (Å²) < 4.78 is 2.14. The van der Waals surface area contributed by atoms with E-state index in [1.165, 1.54) is 0 Å². The Hall–Kier alpha value is -0.380. The average molecular weight is 134 g/mol. The number of thiol groups is 1. The quantitative estimate of drug-likeness (QED) is 0.450. The lowest BCUT2D eigenvalue weighted by atomic mass is 10.4. The number of nitrogens with one attached hydrogen (secondary N) is 2. The average Bonchev–Trinajstić information content (AvgIpc) is 1.65. The Kier molecular flexibility index (Phi) is 3.43. The van der Waals surface area contributed by atoms with Crippen molar-refractivity contribution in [1.29, 1.82) is 0 Å². The van der Waals surface area contributed by atoms with Gasteiger partial charge in [0.25, 0.3) is 0 Å². The summed E-state index contributed by atoms with van der Waals surface area (Å²) in [6.07, 6.45) is 0. The first-order valence-corrected chi connectivity index (χ1v) is 2.82. The summed E-state index contributed by atoms with van der Waals surface area (Å²) in [5, 5.41) is 2.57. The van der Waals surface area contributed by atoms with Crippen LogP contribution in [0.15, 0.2) is 0 Å². The van der Waals surface area contributed by atoms with Crippen molar-refractivity contribution in [3.63, 3.8) is 0 Å². The Balaban J connectivity index is 3.25. The van der Waals surface area contributed by atoms with Crippen LogP contribution in [0.1, 0.15) is 13.8 Å². The Morgan fingerprint density at radius 3 is 2.25 bits per heavy atom. The van der Waals surface area contributed by atoms with E-state index in [0.717, 1.165) is 0 Å². The van der Waals surface area contributed by atoms with Crippen LogP contribution in [-0.2, 0) is 0 Å². The number of hydrogen-bond acceptors (Lipinski definition) is 2. The molecule has 0 heterocycles. The van der Waals surface area contributed by atoms with Crippen molar-refractivity contribution in [2.45, 2.75) is 19.9 Å². The fourth-order valence-electron chi connectivity index (χ4n) is 0.294. The maximum Gasteiger partial charge on any atom is 0.324 e. The maximum atomic E-state index is 10.3. The molecule has 0 fully saturated rings. The zero-order chi connectivity index (χ0) is 6.57. The smallest absolute Gasteiger partial charge is 0.324 e. The lowest BCUT2D eigenvalue weighted by Gasteiger charge is -2.04. The van der Waals surface area contributed by atoms with E-state index < -0.39 is 0 Å². The highest BCUT2D eigenvalue weighted by atomic mass is 32.1. The third kappa shape index (κ3) is 3.80. The second-order valence-electron chi connectivity index (χ2n) is 1.74. The summed E-state index contributed by atoms with van der Waals surface area (Å²) in [5.74, 6) is 0. The van der Waals surface area contributed by atoms with E-state index in [9.17, 15) is 4.79 Å². The van der Waals surface area contributed by atoms with Crippen LogP contribution in [0, 0.1) is 0 Å². The van der Waals surface area contributed by atoms with Crippen LogP contribution in [-0.4, -0.2) is 12.1 Å². The molecule has 0 aliphatic rings. The maximum absolute atomic E-state index is 10.3. The van der Waals surface area contributed by atoms with Crippen LogP contribution in [0.4, 0.5) is 4.79 Å². The molecule has 0 rings (SSSR count). The number of hydrogen-bond donors (Lipinski definition) is 3. The van der Waals surface area contributed by atoms with Crippen LogP contribution in [0.2, 0.25) is 0 Å². The van der Waals surface area contributed by atoms with Gasteiger partial charge in [0.1, 0.15) is 0 Å². The zero-order valence-corrected chi connectivity index (χ0v) is 5.83. The van der Waals surface area contributed by atoms with Gasteiger partial charge in [-0.25, -0.2) is 4.79 Å². The van der Waals surface area contributed by atoms with Crippen molar-refractivity contribution in [3.8, 4) is 0 Å². The Labute approximate surface area is 54.4 Å². The minimum atomic E-state index is -0.261. The molecule has 8 heavy (non-hydrogen) atoms. The van der Waals surface area contributed by atoms with Crippen molar-refractivity contribution >= 4 is 18.8 Å². The van der Waals surface area contributed by atoms with Gasteiger partial charge in [-0.15, -0.1) is 0 Å². The van der Waals surface area contributed by atoms with Gasteiger partial charge in [-0.2, -0.15) is 0 Å². The van der Waals surface area contributed by atoms with E-state index >= 15 is 0 Å². The van der Waals surface area contributed by atoms with Crippen molar-refractivity contribution in [2.24, 2.45) is 0 Å². The van der Waals surface area contributed by atoms with Gasteiger partial charge in [-0.1, -0.05) is 12.8 Å². The van der Waals surface area contributed by atoms with E-state index in [1.807, 2.05) is 13.8 Å². The third-order valence-corrected chi connectivity index (χ3v) is 0.724. The molecule has 0 saturated carbocycles. The van der Waals surface area contributed by atoms with Crippen molar-refractivity contribution < 1.29 is 4.79 Å². The van der Waals surface area contributed by atoms with Crippen LogP contribution in [0.25, 0.3) is 0 Å². The molecule has 3 nitrogen and oxygen atoms in total. The lowest BCUT2D eigenvalue weighted by Crippen LogP contribution is -2.35. The van der Waals surface area contributed by atoms with Gasteiger partial charge in [0.05, 0.1) is 0 Å². The molecular weight excluding hydrogens is 124 g/mol. The highest BCUT2D eigenvalue weighted by Crippen LogP contribution is 1.75. The molecule has 0 radical (unpaired) electrons. The number of rotatable bonds is 1. The molecule has 0 aromatic heterocycles. The second-order valence-corrected chi connectivity index (χ2v) is 1.96. The molecule has 0 atom stereocenters. The fourth-order valence-corrected chi connectivity index (χ4v) is 0.359. The molecule has 0 aromatic carbocycles. The number of amides is 2. The highest BCUT2D eigenvalue weighted by Gasteiger charge is 1.96. The molecule has 2 amide bonds. The van der Waals surface area contributed by atoms with Gasteiger partial charge in [0, 0.05) is 6.04 Å². The lowest BCUT2D eigenvalue weighted by molar-refractivity contribution is 0.244. The highest BCUT2D eigenvalue weighted by molar-refractivity contribution is 7.78. The minimum absolute atomic E-state index is 0.169.